The molecule has 3 nitrogen and oxygen atoms in total. The van der Waals surface area contributed by atoms with Gasteiger partial charge in [0, 0.05) is 50.2 Å². The van der Waals surface area contributed by atoms with Crippen LogP contribution in [-0.4, -0.2) is 6.71 Å². The van der Waals surface area contributed by atoms with Crippen LogP contribution in [0.3, 0.4) is 0 Å². The second-order valence-electron chi connectivity index (χ2n) is 18.7. The Labute approximate surface area is 347 Å². The van der Waals surface area contributed by atoms with Crippen LogP contribution in [0.4, 0.5) is 34.1 Å². The molecule has 0 fully saturated rings. The molecule has 0 aliphatic carbocycles. The van der Waals surface area contributed by atoms with Crippen molar-refractivity contribution in [2.24, 2.45) is 0 Å². The van der Waals surface area contributed by atoms with Gasteiger partial charge < -0.3 is 14.2 Å². The fourth-order valence-corrected chi connectivity index (χ4v) is 9.76. The number of rotatable bonds is 3. The van der Waals surface area contributed by atoms with Crippen LogP contribution in [0.25, 0.3) is 43.8 Å². The van der Waals surface area contributed by atoms with Gasteiger partial charge in [-0.3, -0.25) is 0 Å². The quantitative estimate of drug-likeness (QED) is 0.167. The van der Waals surface area contributed by atoms with Crippen LogP contribution < -0.4 is 26.2 Å². The van der Waals surface area contributed by atoms with Gasteiger partial charge in [0.2, 0.25) is 0 Å². The van der Waals surface area contributed by atoms with Crippen LogP contribution >= 0.6 is 0 Å². The Morgan fingerprint density at radius 2 is 1.05 bits per heavy atom. The minimum absolute atomic E-state index is 0.0114. The van der Waals surface area contributed by atoms with Gasteiger partial charge in [-0.1, -0.05) is 151 Å². The van der Waals surface area contributed by atoms with Gasteiger partial charge in [0.05, 0.1) is 5.69 Å². The van der Waals surface area contributed by atoms with Gasteiger partial charge in [0.25, 0.3) is 6.71 Å². The van der Waals surface area contributed by atoms with E-state index in [1.807, 2.05) is 6.07 Å². The van der Waals surface area contributed by atoms with E-state index in [0.29, 0.717) is 0 Å². The van der Waals surface area contributed by atoms with E-state index in [0.717, 1.165) is 38.8 Å². The summed E-state index contributed by atoms with van der Waals surface area (Å²) in [5, 5.41) is 4.77. The molecule has 0 radical (unpaired) electrons. The van der Waals surface area contributed by atoms with Crippen LogP contribution in [0.5, 0.6) is 0 Å². The lowest BCUT2D eigenvalue weighted by Crippen LogP contribution is -2.61. The monoisotopic (exact) mass is 762 g/mol. The molecular formula is C55H47BN2O. The first-order valence-electron chi connectivity index (χ1n) is 21.0. The zero-order chi connectivity index (χ0) is 40.4. The van der Waals surface area contributed by atoms with Crippen molar-refractivity contribution >= 4 is 89.9 Å². The van der Waals surface area contributed by atoms with Crippen molar-refractivity contribution in [1.29, 1.82) is 0 Å². The molecule has 4 heteroatoms. The van der Waals surface area contributed by atoms with Crippen molar-refractivity contribution in [3.63, 3.8) is 0 Å². The van der Waals surface area contributed by atoms with Gasteiger partial charge in [0.1, 0.15) is 11.2 Å². The average Bonchev–Trinajstić information content (AvgIpc) is 3.61. The Morgan fingerprint density at radius 3 is 1.75 bits per heavy atom. The van der Waals surface area contributed by atoms with Crippen LogP contribution in [-0.2, 0) is 10.8 Å². The molecule has 0 N–H and O–H groups in total. The Hall–Kier alpha value is -6.52. The van der Waals surface area contributed by atoms with E-state index < -0.39 is 0 Å². The molecule has 0 unspecified atom stereocenters. The summed E-state index contributed by atoms with van der Waals surface area (Å²) in [5.41, 5.74) is 19.2. The molecule has 59 heavy (non-hydrogen) atoms. The number of furan rings is 1. The van der Waals surface area contributed by atoms with E-state index in [9.17, 15) is 0 Å². The minimum atomic E-state index is -0.0227. The smallest absolute Gasteiger partial charge is 0.252 e. The molecule has 0 spiro atoms. The summed E-state index contributed by atoms with van der Waals surface area (Å²) in [6.07, 6.45) is 0. The number of benzene rings is 8. The molecule has 1 aromatic heterocycles. The Morgan fingerprint density at radius 1 is 0.475 bits per heavy atom. The van der Waals surface area contributed by atoms with Crippen molar-refractivity contribution in [2.45, 2.75) is 59.3 Å². The molecule has 9 aromatic rings. The second-order valence-corrected chi connectivity index (χ2v) is 18.7. The van der Waals surface area contributed by atoms with Crippen LogP contribution in [0.15, 0.2) is 162 Å². The summed E-state index contributed by atoms with van der Waals surface area (Å²) in [5.74, 6) is 0. The van der Waals surface area contributed by atoms with E-state index in [1.54, 1.807) is 0 Å². The Kier molecular flexibility index (Phi) is 7.69. The molecule has 8 aromatic carbocycles. The molecule has 3 heterocycles. The highest BCUT2D eigenvalue weighted by Gasteiger charge is 2.44. The molecule has 2 aliphatic rings. The second kappa shape index (κ2) is 12.7. The number of aryl methyl sites for hydroxylation is 1. The Bertz CT molecular complexity index is 3150. The topological polar surface area (TPSA) is 19.6 Å². The van der Waals surface area contributed by atoms with Gasteiger partial charge in [-0.05, 0) is 110 Å². The van der Waals surface area contributed by atoms with Gasteiger partial charge in [-0.15, -0.1) is 0 Å². The molecule has 0 bridgehead atoms. The van der Waals surface area contributed by atoms with Crippen molar-refractivity contribution in [2.75, 3.05) is 9.80 Å². The number of fused-ring (bicyclic) bond motifs is 8. The first kappa shape index (κ1) is 35.6. The molecule has 0 amide bonds. The molecule has 0 saturated heterocycles. The van der Waals surface area contributed by atoms with E-state index in [1.165, 1.54) is 72.3 Å². The highest BCUT2D eigenvalue weighted by molar-refractivity contribution is 7.00. The fourth-order valence-electron chi connectivity index (χ4n) is 9.76. The molecule has 0 saturated carbocycles. The number of nitrogens with zero attached hydrogens (tertiary/aromatic N) is 2. The Balaban J connectivity index is 1.16. The molecule has 11 rings (SSSR count). The van der Waals surface area contributed by atoms with Gasteiger partial charge in [0.15, 0.2) is 0 Å². The zero-order valence-electron chi connectivity index (χ0n) is 34.9. The summed E-state index contributed by atoms with van der Waals surface area (Å²) >= 11 is 0. The summed E-state index contributed by atoms with van der Waals surface area (Å²) in [6, 6.07) is 58.9. The first-order valence-corrected chi connectivity index (χ1v) is 21.0. The largest absolute Gasteiger partial charge is 0.455 e. The number of anilines is 6. The van der Waals surface area contributed by atoms with E-state index in [-0.39, 0.29) is 17.5 Å². The summed E-state index contributed by atoms with van der Waals surface area (Å²) in [7, 11) is 0. The first-order chi connectivity index (χ1) is 28.4. The predicted octanol–water partition coefficient (Wildman–Crippen LogP) is 13.4. The fraction of sp³-hybridized carbons (Fsp3) is 0.164. The summed E-state index contributed by atoms with van der Waals surface area (Å²) < 4.78 is 6.49. The average molecular weight is 763 g/mol. The van der Waals surface area contributed by atoms with E-state index in [2.05, 4.69) is 210 Å². The van der Waals surface area contributed by atoms with E-state index in [4.69, 9.17) is 4.42 Å². The third-order valence-corrected chi connectivity index (χ3v) is 12.8. The maximum absolute atomic E-state index is 6.49. The van der Waals surface area contributed by atoms with Crippen LogP contribution in [0.1, 0.15) is 58.2 Å². The van der Waals surface area contributed by atoms with Crippen LogP contribution in [0, 0.1) is 6.92 Å². The molecular weight excluding hydrogens is 715 g/mol. The zero-order valence-corrected chi connectivity index (χ0v) is 34.9. The lowest BCUT2D eigenvalue weighted by molar-refractivity contribution is 0.590. The normalized spacial score (nSPS) is 13.6. The molecule has 2 aliphatic heterocycles. The number of hydrogen-bond acceptors (Lipinski definition) is 3. The SMILES string of the molecule is Cc1cc2c3c(c1)N(c1cccc4ccccc14)c1cc(C(C)(C)C)ccc1B3c1ccc(C(C)(C)C)cc1N2c1ccc(-c2cccc3c2oc2ccccc23)cc1. The van der Waals surface area contributed by atoms with Crippen molar-refractivity contribution in [1.82, 2.24) is 0 Å². The third kappa shape index (κ3) is 5.49. The lowest BCUT2D eigenvalue weighted by atomic mass is 9.33. The van der Waals surface area contributed by atoms with Gasteiger partial charge in [-0.2, -0.15) is 0 Å². The third-order valence-electron chi connectivity index (χ3n) is 12.8. The van der Waals surface area contributed by atoms with Crippen molar-refractivity contribution in [3.8, 4) is 11.1 Å². The van der Waals surface area contributed by atoms with Gasteiger partial charge in [-0.25, -0.2) is 0 Å². The highest BCUT2D eigenvalue weighted by atomic mass is 16.3. The van der Waals surface area contributed by atoms with Gasteiger partial charge >= 0.3 is 0 Å². The highest BCUT2D eigenvalue weighted by Crippen LogP contribution is 2.47. The number of para-hydroxylation sites is 2. The lowest BCUT2D eigenvalue weighted by Gasteiger charge is -2.45. The van der Waals surface area contributed by atoms with E-state index >= 15 is 0 Å². The predicted molar refractivity (Wildman–Crippen MR) is 253 cm³/mol. The molecule has 286 valence electrons. The minimum Gasteiger partial charge on any atom is -0.455 e. The van der Waals surface area contributed by atoms with Crippen LogP contribution in [0.2, 0.25) is 0 Å². The summed E-state index contributed by atoms with van der Waals surface area (Å²) in [4.78, 5) is 5.10. The number of hydrogen-bond donors (Lipinski definition) is 0. The maximum atomic E-state index is 6.49. The molecule has 0 atom stereocenters. The standard InChI is InChI=1S/C55H47BN2O/c1-34-30-49-52-50(31-34)58(46-20-12-15-35-14-8-9-16-40(35)46)48-33-38(55(5,6)7)25-29-45(48)56(52)44-28-24-37(54(2,3)4)32-47(44)57(49)39-26-22-36(23-27-39)41-18-13-19-43-42-17-10-11-21-51(42)59-53(41)43/h8-33H,1-7H3. The van der Waals surface area contributed by atoms with Crippen molar-refractivity contribution in [3.05, 3.63) is 174 Å². The maximum Gasteiger partial charge on any atom is 0.252 e. The van der Waals surface area contributed by atoms with Crippen molar-refractivity contribution < 1.29 is 4.42 Å². The summed E-state index contributed by atoms with van der Waals surface area (Å²) in [6.45, 7) is 16.2.